The molecule has 1 fully saturated rings. The van der Waals surface area contributed by atoms with Gasteiger partial charge in [0.15, 0.2) is 0 Å². The maximum absolute atomic E-state index is 12.7. The number of amides is 1. The third kappa shape index (κ3) is 3.26. The van der Waals surface area contributed by atoms with E-state index in [-0.39, 0.29) is 5.91 Å². The lowest BCUT2D eigenvalue weighted by molar-refractivity contribution is -0.140. The lowest BCUT2D eigenvalue weighted by Gasteiger charge is -2.18. The third-order valence-corrected chi connectivity index (χ3v) is 5.15. The number of carbonyl (C=O) groups is 2. The molecule has 1 amide bonds. The van der Waals surface area contributed by atoms with Gasteiger partial charge in [0.25, 0.3) is 0 Å². The number of aromatic nitrogens is 2. The van der Waals surface area contributed by atoms with Gasteiger partial charge in [0.2, 0.25) is 5.91 Å². The molecule has 1 saturated carbocycles. The fraction of sp³-hybridized carbons (Fsp3) is 0.389. The van der Waals surface area contributed by atoms with Crippen LogP contribution < -0.4 is 5.32 Å². The fourth-order valence-corrected chi connectivity index (χ4v) is 3.52. The van der Waals surface area contributed by atoms with E-state index in [9.17, 15) is 14.7 Å². The molecule has 25 heavy (non-hydrogen) atoms. The molecule has 1 aliphatic carbocycles. The topological polar surface area (TPSA) is 84.2 Å². The van der Waals surface area contributed by atoms with Gasteiger partial charge in [-0.25, -0.2) is 0 Å². The van der Waals surface area contributed by atoms with E-state index in [4.69, 9.17) is 11.6 Å². The van der Waals surface area contributed by atoms with Crippen LogP contribution in [-0.2, 0) is 16.6 Å². The Morgan fingerprint density at radius 1 is 1.24 bits per heavy atom. The van der Waals surface area contributed by atoms with Crippen molar-refractivity contribution >= 4 is 23.5 Å². The number of nitrogens with zero attached hydrogens (tertiary/aromatic N) is 2. The smallest absolute Gasteiger partial charge is 0.307 e. The number of hydrogen-bond donors (Lipinski definition) is 2. The number of carboxylic acid groups (broad SMARTS) is 1. The largest absolute Gasteiger partial charge is 0.481 e. The summed E-state index contributed by atoms with van der Waals surface area (Å²) >= 11 is 5.95. The van der Waals surface area contributed by atoms with E-state index in [0.717, 1.165) is 5.56 Å². The molecular weight excluding hydrogens is 342 g/mol. The summed E-state index contributed by atoms with van der Waals surface area (Å²) in [4.78, 5) is 24.1. The Bertz CT molecular complexity index is 813. The number of rotatable bonds is 5. The Morgan fingerprint density at radius 2 is 1.88 bits per heavy atom. The van der Waals surface area contributed by atoms with Crippen LogP contribution in [0.15, 0.2) is 36.5 Å². The highest BCUT2D eigenvalue weighted by atomic mass is 35.5. The zero-order valence-corrected chi connectivity index (χ0v) is 15.0. The van der Waals surface area contributed by atoms with E-state index in [1.165, 1.54) is 0 Å². The summed E-state index contributed by atoms with van der Waals surface area (Å²) in [5.41, 5.74) is 0.968. The van der Waals surface area contributed by atoms with Crippen molar-refractivity contribution in [2.24, 2.45) is 24.3 Å². The first-order valence-corrected chi connectivity index (χ1v) is 8.38. The molecule has 6 nitrogen and oxygen atoms in total. The maximum Gasteiger partial charge on any atom is 0.307 e. The minimum absolute atomic E-state index is 0.275. The van der Waals surface area contributed by atoms with E-state index in [2.05, 4.69) is 10.4 Å². The first-order chi connectivity index (χ1) is 11.7. The second-order valence-electron chi connectivity index (χ2n) is 7.02. The van der Waals surface area contributed by atoms with Crippen LogP contribution >= 0.6 is 11.6 Å². The molecule has 0 spiro atoms. The molecule has 0 aliphatic heterocycles. The van der Waals surface area contributed by atoms with Crippen molar-refractivity contribution in [1.29, 1.82) is 0 Å². The predicted octanol–water partition coefficient (Wildman–Crippen LogP) is 2.64. The van der Waals surface area contributed by atoms with Crippen molar-refractivity contribution in [3.63, 3.8) is 0 Å². The molecule has 0 saturated heterocycles. The number of aliphatic carboxylic acids is 1. The second-order valence-corrected chi connectivity index (χ2v) is 7.46. The van der Waals surface area contributed by atoms with Crippen LogP contribution in [0.2, 0.25) is 5.02 Å². The highest BCUT2D eigenvalue weighted by Crippen LogP contribution is 2.58. The van der Waals surface area contributed by atoms with Crippen LogP contribution in [-0.4, -0.2) is 26.8 Å². The molecule has 132 valence electrons. The monoisotopic (exact) mass is 361 g/mol. The molecular formula is C18H20ClN3O3. The van der Waals surface area contributed by atoms with Crippen LogP contribution in [0.5, 0.6) is 0 Å². The van der Waals surface area contributed by atoms with E-state index in [1.807, 2.05) is 18.2 Å². The molecule has 1 heterocycles. The minimum atomic E-state index is -0.939. The Labute approximate surface area is 150 Å². The normalized spacial score (nSPS) is 22.2. The first kappa shape index (κ1) is 17.5. The fourth-order valence-electron chi connectivity index (χ4n) is 3.39. The van der Waals surface area contributed by atoms with Gasteiger partial charge in [-0.3, -0.25) is 14.3 Å². The number of benzene rings is 1. The second kappa shape index (κ2) is 6.19. The summed E-state index contributed by atoms with van der Waals surface area (Å²) < 4.78 is 1.66. The van der Waals surface area contributed by atoms with Gasteiger partial charge in [0.05, 0.1) is 23.6 Å². The van der Waals surface area contributed by atoms with Gasteiger partial charge in [0.1, 0.15) is 0 Å². The lowest BCUT2D eigenvalue weighted by Crippen LogP contribution is -2.32. The predicted molar refractivity (Wildman–Crippen MR) is 93.0 cm³/mol. The van der Waals surface area contributed by atoms with Crippen molar-refractivity contribution in [2.45, 2.75) is 19.9 Å². The molecule has 3 atom stereocenters. The van der Waals surface area contributed by atoms with E-state index < -0.39 is 29.3 Å². The minimum Gasteiger partial charge on any atom is -0.481 e. The van der Waals surface area contributed by atoms with Gasteiger partial charge in [0, 0.05) is 18.3 Å². The molecule has 3 rings (SSSR count). The average Bonchev–Trinajstić information content (AvgIpc) is 2.88. The summed E-state index contributed by atoms with van der Waals surface area (Å²) in [5, 5.41) is 17.3. The standard InChI is InChI=1S/C18H20ClN3O3/c1-18(2)13(14(18)17(24)25)16(23)20-15(12-8-9-22(3)21-12)10-4-6-11(19)7-5-10/h4-9,13-15H,1-3H3,(H,20,23)(H,24,25)/t13-,14+,15?/m0/s1. The van der Waals surface area contributed by atoms with Gasteiger partial charge in [-0.05, 0) is 29.2 Å². The summed E-state index contributed by atoms with van der Waals surface area (Å²) in [5.74, 6) is -2.43. The molecule has 2 N–H and O–H groups in total. The van der Waals surface area contributed by atoms with Crippen molar-refractivity contribution in [3.05, 3.63) is 52.8 Å². The van der Waals surface area contributed by atoms with Gasteiger partial charge < -0.3 is 10.4 Å². The Hall–Kier alpha value is -2.34. The number of halogens is 1. The quantitative estimate of drug-likeness (QED) is 0.857. The highest BCUT2D eigenvalue weighted by Gasteiger charge is 2.66. The van der Waals surface area contributed by atoms with Gasteiger partial charge >= 0.3 is 5.97 Å². The molecule has 0 radical (unpaired) electrons. The molecule has 1 aromatic heterocycles. The van der Waals surface area contributed by atoms with Crippen LogP contribution in [0.1, 0.15) is 31.1 Å². The Balaban J connectivity index is 1.87. The third-order valence-electron chi connectivity index (χ3n) is 4.90. The molecule has 0 bridgehead atoms. The summed E-state index contributed by atoms with van der Waals surface area (Å²) in [6, 6.07) is 8.52. The molecule has 1 unspecified atom stereocenters. The van der Waals surface area contributed by atoms with Crippen LogP contribution in [0.25, 0.3) is 0 Å². The summed E-state index contributed by atoms with van der Waals surface area (Å²) in [7, 11) is 1.80. The summed E-state index contributed by atoms with van der Waals surface area (Å²) in [6.45, 7) is 3.60. The van der Waals surface area contributed by atoms with E-state index in [0.29, 0.717) is 10.7 Å². The van der Waals surface area contributed by atoms with Gasteiger partial charge in [-0.1, -0.05) is 37.6 Å². The van der Waals surface area contributed by atoms with Crippen molar-refractivity contribution in [1.82, 2.24) is 15.1 Å². The number of nitrogens with one attached hydrogen (secondary N) is 1. The number of aryl methyl sites for hydroxylation is 1. The lowest BCUT2D eigenvalue weighted by atomic mass is 10.0. The Morgan fingerprint density at radius 3 is 2.36 bits per heavy atom. The van der Waals surface area contributed by atoms with Crippen LogP contribution in [0, 0.1) is 17.3 Å². The highest BCUT2D eigenvalue weighted by molar-refractivity contribution is 6.30. The molecule has 2 aromatic rings. The number of hydrogen-bond acceptors (Lipinski definition) is 3. The first-order valence-electron chi connectivity index (χ1n) is 8.00. The molecule has 1 aromatic carbocycles. The number of carboxylic acids is 1. The number of carbonyl (C=O) groups excluding carboxylic acids is 1. The van der Waals surface area contributed by atoms with Crippen LogP contribution in [0.3, 0.4) is 0 Å². The maximum atomic E-state index is 12.7. The molecule has 1 aliphatic rings. The summed E-state index contributed by atoms with van der Waals surface area (Å²) in [6.07, 6.45) is 1.80. The van der Waals surface area contributed by atoms with E-state index in [1.54, 1.807) is 43.9 Å². The van der Waals surface area contributed by atoms with Crippen LogP contribution in [0.4, 0.5) is 0 Å². The molecule has 7 heteroatoms. The zero-order valence-electron chi connectivity index (χ0n) is 14.2. The van der Waals surface area contributed by atoms with Gasteiger partial charge in [-0.2, -0.15) is 5.10 Å². The average molecular weight is 362 g/mol. The SMILES string of the molecule is Cn1ccc(C(NC(=O)[C@@H]2[C@H](C(=O)O)C2(C)C)c2ccc(Cl)cc2)n1. The zero-order chi connectivity index (χ0) is 18.4. The van der Waals surface area contributed by atoms with Crippen molar-refractivity contribution in [2.75, 3.05) is 0 Å². The van der Waals surface area contributed by atoms with Crippen molar-refractivity contribution < 1.29 is 14.7 Å². The van der Waals surface area contributed by atoms with Crippen molar-refractivity contribution in [3.8, 4) is 0 Å². The Kier molecular flexibility index (Phi) is 4.33. The van der Waals surface area contributed by atoms with E-state index >= 15 is 0 Å². The van der Waals surface area contributed by atoms with Gasteiger partial charge in [-0.15, -0.1) is 0 Å².